The predicted octanol–water partition coefficient (Wildman–Crippen LogP) is 4.29. The largest absolute Gasteiger partial charge is 0.494 e. The van der Waals surface area contributed by atoms with Gasteiger partial charge in [-0.3, -0.25) is 0 Å². The molecule has 0 bridgehead atoms. The summed E-state index contributed by atoms with van der Waals surface area (Å²) in [6.45, 7) is 4.72. The van der Waals surface area contributed by atoms with E-state index in [2.05, 4.69) is 12.1 Å². The molecule has 0 radical (unpaired) electrons. The number of hydrogen-bond donors (Lipinski definition) is 0. The van der Waals surface area contributed by atoms with Gasteiger partial charge in [0, 0.05) is 10.8 Å². The summed E-state index contributed by atoms with van der Waals surface area (Å²) in [5.41, 5.74) is 2.96. The highest BCUT2D eigenvalue weighted by molar-refractivity contribution is 6.05. The summed E-state index contributed by atoms with van der Waals surface area (Å²) in [7, 11) is 0. The van der Waals surface area contributed by atoms with E-state index in [4.69, 9.17) is 9.15 Å². The van der Waals surface area contributed by atoms with Gasteiger partial charge in [-0.2, -0.15) is 0 Å². The maximum Gasteiger partial charge on any atom is 0.135 e. The van der Waals surface area contributed by atoms with Gasteiger partial charge in [-0.25, -0.2) is 0 Å². The van der Waals surface area contributed by atoms with Gasteiger partial charge in [-0.1, -0.05) is 18.2 Å². The molecule has 2 nitrogen and oxygen atoms in total. The Morgan fingerprint density at radius 1 is 1.06 bits per heavy atom. The van der Waals surface area contributed by atoms with Gasteiger partial charge in [0.1, 0.15) is 16.9 Å². The molecule has 0 fully saturated rings. The van der Waals surface area contributed by atoms with Crippen molar-refractivity contribution in [1.29, 1.82) is 0 Å². The van der Waals surface area contributed by atoms with Crippen LogP contribution >= 0.6 is 0 Å². The molecule has 0 unspecified atom stereocenters. The van der Waals surface area contributed by atoms with Gasteiger partial charge in [-0.15, -0.1) is 0 Å². The maximum atomic E-state index is 5.81. The minimum absolute atomic E-state index is 0.683. The molecule has 0 saturated heterocycles. The lowest BCUT2D eigenvalue weighted by Crippen LogP contribution is -1.93. The van der Waals surface area contributed by atoms with Crippen LogP contribution in [0.5, 0.6) is 5.75 Å². The van der Waals surface area contributed by atoms with Crippen LogP contribution in [0.4, 0.5) is 0 Å². The van der Waals surface area contributed by atoms with Crippen molar-refractivity contribution in [2.45, 2.75) is 13.8 Å². The number of aryl methyl sites for hydroxylation is 1. The normalized spacial score (nSPS) is 11.2. The molecular formula is C15H14O2. The molecule has 17 heavy (non-hydrogen) atoms. The van der Waals surface area contributed by atoms with Gasteiger partial charge >= 0.3 is 0 Å². The maximum absolute atomic E-state index is 5.81. The van der Waals surface area contributed by atoms with Crippen LogP contribution in [0.15, 0.2) is 40.8 Å². The number of hydrogen-bond acceptors (Lipinski definition) is 2. The summed E-state index contributed by atoms with van der Waals surface area (Å²) < 4.78 is 11.4. The summed E-state index contributed by atoms with van der Waals surface area (Å²) in [5.74, 6) is 0.937. The fourth-order valence-corrected chi connectivity index (χ4v) is 2.16. The molecule has 1 heterocycles. The highest BCUT2D eigenvalue weighted by Gasteiger charge is 2.09. The molecule has 1 aromatic heterocycles. The van der Waals surface area contributed by atoms with Crippen LogP contribution in [0.25, 0.3) is 21.9 Å². The Balaban J connectivity index is 2.35. The van der Waals surface area contributed by atoms with Crippen molar-refractivity contribution in [2.75, 3.05) is 6.61 Å². The molecule has 0 atom stereocenters. The van der Waals surface area contributed by atoms with Gasteiger partial charge in [-0.05, 0) is 37.6 Å². The van der Waals surface area contributed by atoms with Crippen molar-refractivity contribution in [2.24, 2.45) is 0 Å². The van der Waals surface area contributed by atoms with Crippen molar-refractivity contribution < 1.29 is 9.15 Å². The van der Waals surface area contributed by atoms with Crippen molar-refractivity contribution in [3.8, 4) is 5.75 Å². The third-order valence-corrected chi connectivity index (χ3v) is 2.97. The van der Waals surface area contributed by atoms with E-state index in [1.807, 2.05) is 38.1 Å². The molecular weight excluding hydrogens is 212 g/mol. The molecule has 0 N–H and O–H groups in total. The van der Waals surface area contributed by atoms with Crippen molar-refractivity contribution in [3.05, 3.63) is 42.0 Å². The van der Waals surface area contributed by atoms with Crippen molar-refractivity contribution in [1.82, 2.24) is 0 Å². The number of rotatable bonds is 2. The van der Waals surface area contributed by atoms with Gasteiger partial charge in [0.25, 0.3) is 0 Å². The zero-order chi connectivity index (χ0) is 11.8. The van der Waals surface area contributed by atoms with Crippen molar-refractivity contribution >= 4 is 21.9 Å². The Morgan fingerprint density at radius 2 is 1.88 bits per heavy atom. The fourth-order valence-electron chi connectivity index (χ4n) is 2.16. The first-order chi connectivity index (χ1) is 8.29. The lowest BCUT2D eigenvalue weighted by Gasteiger charge is -2.06. The van der Waals surface area contributed by atoms with Gasteiger partial charge < -0.3 is 9.15 Å². The first-order valence-corrected chi connectivity index (χ1v) is 5.84. The molecule has 3 aromatic rings. The predicted molar refractivity (Wildman–Crippen MR) is 69.6 cm³/mol. The number of furan rings is 1. The smallest absolute Gasteiger partial charge is 0.135 e. The fraction of sp³-hybridized carbons (Fsp3) is 0.200. The highest BCUT2D eigenvalue weighted by Crippen LogP contribution is 2.33. The zero-order valence-corrected chi connectivity index (χ0v) is 9.99. The summed E-state index contributed by atoms with van der Waals surface area (Å²) in [6.07, 6.45) is 0. The standard InChI is InChI=1S/C15H14O2/c1-3-16-14-9-12-11-6-4-5-7-13(11)17-15(12)8-10(14)2/h4-9H,3H2,1-2H3. The third kappa shape index (κ3) is 1.57. The van der Waals surface area contributed by atoms with E-state index in [0.717, 1.165) is 33.3 Å². The Bertz CT molecular complexity index is 680. The van der Waals surface area contributed by atoms with Gasteiger partial charge in [0.15, 0.2) is 0 Å². The van der Waals surface area contributed by atoms with Gasteiger partial charge in [0.05, 0.1) is 6.61 Å². The molecule has 2 aromatic carbocycles. The Labute approximate surface area is 99.8 Å². The van der Waals surface area contributed by atoms with Crippen LogP contribution in [0.3, 0.4) is 0 Å². The van der Waals surface area contributed by atoms with E-state index in [-0.39, 0.29) is 0 Å². The Hall–Kier alpha value is -1.96. The zero-order valence-electron chi connectivity index (χ0n) is 9.99. The quantitative estimate of drug-likeness (QED) is 0.650. The first kappa shape index (κ1) is 10.2. The first-order valence-electron chi connectivity index (χ1n) is 5.84. The molecule has 3 rings (SSSR count). The van der Waals surface area contributed by atoms with E-state index in [1.54, 1.807) is 0 Å². The Kier molecular flexibility index (Phi) is 2.29. The summed E-state index contributed by atoms with van der Waals surface area (Å²) >= 11 is 0. The minimum atomic E-state index is 0.683. The second kappa shape index (κ2) is 3.81. The summed E-state index contributed by atoms with van der Waals surface area (Å²) in [4.78, 5) is 0. The molecule has 86 valence electrons. The molecule has 2 heteroatoms. The SMILES string of the molecule is CCOc1cc2c(cc1C)oc1ccccc12. The second-order valence-corrected chi connectivity index (χ2v) is 4.15. The van der Waals surface area contributed by atoms with E-state index in [9.17, 15) is 0 Å². The summed E-state index contributed by atoms with van der Waals surface area (Å²) in [6, 6.07) is 12.2. The Morgan fingerprint density at radius 3 is 2.71 bits per heavy atom. The second-order valence-electron chi connectivity index (χ2n) is 4.15. The lowest BCUT2D eigenvalue weighted by molar-refractivity contribution is 0.338. The van der Waals surface area contributed by atoms with Crippen LogP contribution in [-0.2, 0) is 0 Å². The van der Waals surface area contributed by atoms with Crippen LogP contribution in [0.1, 0.15) is 12.5 Å². The molecule has 0 aliphatic carbocycles. The van der Waals surface area contributed by atoms with Crippen LogP contribution in [-0.4, -0.2) is 6.61 Å². The van der Waals surface area contributed by atoms with Crippen LogP contribution in [0.2, 0.25) is 0 Å². The summed E-state index contributed by atoms with van der Waals surface area (Å²) in [5, 5.41) is 2.26. The molecule has 0 aliphatic rings. The average Bonchev–Trinajstić information content (AvgIpc) is 2.67. The lowest BCUT2D eigenvalue weighted by atomic mass is 10.1. The highest BCUT2D eigenvalue weighted by atomic mass is 16.5. The number of ether oxygens (including phenoxy) is 1. The van der Waals surface area contributed by atoms with Gasteiger partial charge in [0.2, 0.25) is 0 Å². The van der Waals surface area contributed by atoms with E-state index in [1.165, 1.54) is 0 Å². The van der Waals surface area contributed by atoms with Crippen LogP contribution < -0.4 is 4.74 Å². The molecule has 0 amide bonds. The van der Waals surface area contributed by atoms with E-state index < -0.39 is 0 Å². The third-order valence-electron chi connectivity index (χ3n) is 2.97. The number of benzene rings is 2. The monoisotopic (exact) mass is 226 g/mol. The molecule has 0 spiro atoms. The van der Waals surface area contributed by atoms with Crippen LogP contribution in [0, 0.1) is 6.92 Å². The minimum Gasteiger partial charge on any atom is -0.494 e. The topological polar surface area (TPSA) is 22.4 Å². The average molecular weight is 226 g/mol. The molecule has 0 saturated carbocycles. The van der Waals surface area contributed by atoms with Crippen molar-refractivity contribution in [3.63, 3.8) is 0 Å². The van der Waals surface area contributed by atoms with E-state index in [0.29, 0.717) is 6.61 Å². The number of para-hydroxylation sites is 1. The molecule has 0 aliphatic heterocycles. The number of fused-ring (bicyclic) bond motifs is 3. The van der Waals surface area contributed by atoms with E-state index >= 15 is 0 Å².